The first-order chi connectivity index (χ1) is 13.4. The van der Waals surface area contributed by atoms with E-state index in [0.717, 1.165) is 5.56 Å². The van der Waals surface area contributed by atoms with E-state index in [1.54, 1.807) is 60.7 Å². The summed E-state index contributed by atoms with van der Waals surface area (Å²) in [5.41, 5.74) is 1.87. The van der Waals surface area contributed by atoms with Gasteiger partial charge in [-0.15, -0.1) is 0 Å². The van der Waals surface area contributed by atoms with E-state index < -0.39 is 10.0 Å². The van der Waals surface area contributed by atoms with Gasteiger partial charge in [-0.1, -0.05) is 42.0 Å². The van der Waals surface area contributed by atoms with Gasteiger partial charge in [0, 0.05) is 17.1 Å². The predicted octanol–water partition coefficient (Wildman–Crippen LogP) is 4.12. The second kappa shape index (κ2) is 6.65. The van der Waals surface area contributed by atoms with Gasteiger partial charge in [0.1, 0.15) is 5.75 Å². The molecule has 1 heterocycles. The quantitative estimate of drug-likeness (QED) is 0.531. The van der Waals surface area contributed by atoms with E-state index in [9.17, 15) is 18.3 Å². The van der Waals surface area contributed by atoms with Gasteiger partial charge in [-0.25, -0.2) is 12.4 Å². The lowest BCUT2D eigenvalue weighted by Crippen LogP contribution is -2.12. The van der Waals surface area contributed by atoms with Crippen molar-refractivity contribution in [3.05, 3.63) is 95.7 Å². The lowest BCUT2D eigenvalue weighted by atomic mass is 9.99. The Hall–Kier alpha value is -3.38. The number of hydrogen-bond acceptors (Lipinski definition) is 4. The Morgan fingerprint density at radius 1 is 0.857 bits per heavy atom. The van der Waals surface area contributed by atoms with Crippen LogP contribution in [0.3, 0.4) is 0 Å². The lowest BCUT2D eigenvalue weighted by Gasteiger charge is -2.09. The molecule has 1 N–H and O–H groups in total. The Morgan fingerprint density at radius 3 is 2.25 bits per heavy atom. The summed E-state index contributed by atoms with van der Waals surface area (Å²) < 4.78 is 27.3. The summed E-state index contributed by atoms with van der Waals surface area (Å²) in [7, 11) is -3.80. The second-order valence-corrected chi connectivity index (χ2v) is 8.33. The van der Waals surface area contributed by atoms with Crippen molar-refractivity contribution in [1.29, 1.82) is 0 Å². The molecule has 1 aromatic heterocycles. The van der Waals surface area contributed by atoms with Crippen LogP contribution in [-0.2, 0) is 10.0 Å². The van der Waals surface area contributed by atoms with Crippen LogP contribution < -0.4 is 0 Å². The van der Waals surface area contributed by atoms with Gasteiger partial charge in [0.2, 0.25) is 0 Å². The standard InChI is InChI=1S/C22H17NO4S/c1-15-9-11-16(12-10-15)28(26,27)23-14-13-17-18(6-4-7-20(17)23)22(25)19-5-2-3-8-21(19)24/h2-14,24H,1H3. The lowest BCUT2D eigenvalue weighted by molar-refractivity contribution is 0.103. The maximum atomic E-state index is 13.1. The van der Waals surface area contributed by atoms with Gasteiger partial charge < -0.3 is 5.11 Å². The number of hydrogen-bond donors (Lipinski definition) is 1. The van der Waals surface area contributed by atoms with Gasteiger partial charge in [-0.3, -0.25) is 4.79 Å². The number of fused-ring (bicyclic) bond motifs is 1. The normalized spacial score (nSPS) is 11.6. The van der Waals surface area contributed by atoms with Crippen molar-refractivity contribution in [2.75, 3.05) is 0 Å². The third-order valence-electron chi connectivity index (χ3n) is 4.67. The molecule has 0 unspecified atom stereocenters. The van der Waals surface area contributed by atoms with Crippen LogP contribution in [0.2, 0.25) is 0 Å². The van der Waals surface area contributed by atoms with Crippen LogP contribution in [0.5, 0.6) is 5.75 Å². The second-order valence-electron chi connectivity index (χ2n) is 6.51. The molecule has 0 saturated carbocycles. The molecule has 0 spiro atoms. The van der Waals surface area contributed by atoms with Gasteiger partial charge >= 0.3 is 0 Å². The van der Waals surface area contributed by atoms with Crippen LogP contribution in [0, 0.1) is 6.92 Å². The molecule has 4 aromatic rings. The van der Waals surface area contributed by atoms with E-state index in [4.69, 9.17) is 0 Å². The first-order valence-electron chi connectivity index (χ1n) is 8.64. The van der Waals surface area contributed by atoms with E-state index in [1.165, 1.54) is 22.3 Å². The highest BCUT2D eigenvalue weighted by molar-refractivity contribution is 7.90. The van der Waals surface area contributed by atoms with Gasteiger partial charge in [-0.2, -0.15) is 0 Å². The minimum atomic E-state index is -3.80. The average molecular weight is 391 g/mol. The number of aryl methyl sites for hydroxylation is 1. The monoisotopic (exact) mass is 391 g/mol. The van der Waals surface area contributed by atoms with Crippen LogP contribution in [0.25, 0.3) is 10.9 Å². The Morgan fingerprint density at radius 2 is 1.54 bits per heavy atom. The molecule has 4 rings (SSSR count). The maximum absolute atomic E-state index is 13.1. The molecule has 0 amide bonds. The minimum absolute atomic E-state index is 0.115. The van der Waals surface area contributed by atoms with Crippen LogP contribution in [0.1, 0.15) is 21.5 Å². The minimum Gasteiger partial charge on any atom is -0.507 e. The highest BCUT2D eigenvalue weighted by Crippen LogP contribution is 2.28. The molecular weight excluding hydrogens is 374 g/mol. The summed E-state index contributed by atoms with van der Waals surface area (Å²) in [6.07, 6.45) is 1.45. The zero-order valence-corrected chi connectivity index (χ0v) is 15.8. The van der Waals surface area contributed by atoms with Crippen molar-refractivity contribution in [1.82, 2.24) is 3.97 Å². The molecule has 0 bridgehead atoms. The molecule has 0 aliphatic carbocycles. The smallest absolute Gasteiger partial charge is 0.268 e. The van der Waals surface area contributed by atoms with E-state index >= 15 is 0 Å². The fraction of sp³-hybridized carbons (Fsp3) is 0.0455. The Balaban J connectivity index is 1.87. The number of nitrogens with zero attached hydrogens (tertiary/aromatic N) is 1. The number of phenols is 1. The first-order valence-corrected chi connectivity index (χ1v) is 10.1. The number of para-hydroxylation sites is 1. The molecule has 0 radical (unpaired) electrons. The summed E-state index contributed by atoms with van der Waals surface area (Å²) in [4.78, 5) is 13.1. The predicted molar refractivity (Wildman–Crippen MR) is 107 cm³/mol. The zero-order chi connectivity index (χ0) is 19.9. The molecule has 5 nitrogen and oxygen atoms in total. The highest BCUT2D eigenvalue weighted by Gasteiger charge is 2.22. The maximum Gasteiger partial charge on any atom is 0.268 e. The summed E-state index contributed by atoms with van der Waals surface area (Å²) in [5.74, 6) is -0.481. The molecule has 0 fully saturated rings. The van der Waals surface area contributed by atoms with Crippen LogP contribution >= 0.6 is 0 Å². The van der Waals surface area contributed by atoms with Gasteiger partial charge in [0.05, 0.1) is 16.0 Å². The average Bonchev–Trinajstić information content (AvgIpc) is 3.13. The number of ketones is 1. The molecule has 0 saturated heterocycles. The number of carbonyl (C=O) groups is 1. The van der Waals surface area contributed by atoms with Crippen molar-refractivity contribution in [3.63, 3.8) is 0 Å². The van der Waals surface area contributed by atoms with E-state index in [-0.39, 0.29) is 22.0 Å². The van der Waals surface area contributed by atoms with Crippen molar-refractivity contribution in [2.24, 2.45) is 0 Å². The summed E-state index contributed by atoms with van der Waals surface area (Å²) in [6.45, 7) is 1.89. The first kappa shape index (κ1) is 18.0. The third kappa shape index (κ3) is 2.88. The molecule has 6 heteroatoms. The summed E-state index contributed by atoms with van der Waals surface area (Å²) in [6, 6.07) is 19.4. The van der Waals surface area contributed by atoms with Crippen LogP contribution in [0.4, 0.5) is 0 Å². The molecule has 0 aliphatic rings. The molecule has 140 valence electrons. The van der Waals surface area contributed by atoms with Crippen molar-refractivity contribution >= 4 is 26.7 Å². The molecule has 3 aromatic carbocycles. The number of aromatic nitrogens is 1. The van der Waals surface area contributed by atoms with E-state index in [0.29, 0.717) is 16.5 Å². The number of benzene rings is 3. The SMILES string of the molecule is Cc1ccc(S(=O)(=O)n2ccc3c(C(=O)c4ccccc4O)cccc32)cc1. The number of phenolic OH excluding ortho intramolecular Hbond substituents is 1. The number of aromatic hydroxyl groups is 1. The van der Waals surface area contributed by atoms with Crippen LogP contribution in [0.15, 0.2) is 83.9 Å². The Labute approximate surface area is 162 Å². The van der Waals surface area contributed by atoms with Crippen molar-refractivity contribution in [2.45, 2.75) is 11.8 Å². The zero-order valence-electron chi connectivity index (χ0n) is 15.0. The van der Waals surface area contributed by atoms with E-state index in [1.807, 2.05) is 6.92 Å². The molecular formula is C22H17NO4S. The highest BCUT2D eigenvalue weighted by atomic mass is 32.2. The fourth-order valence-corrected chi connectivity index (χ4v) is 4.53. The van der Waals surface area contributed by atoms with E-state index in [2.05, 4.69) is 0 Å². The van der Waals surface area contributed by atoms with Crippen LogP contribution in [-0.4, -0.2) is 23.3 Å². The topological polar surface area (TPSA) is 76.4 Å². The Bertz CT molecular complexity index is 1300. The Kier molecular flexibility index (Phi) is 4.28. The number of rotatable bonds is 4. The largest absolute Gasteiger partial charge is 0.507 e. The summed E-state index contributed by atoms with van der Waals surface area (Å²) in [5, 5.41) is 10.5. The molecule has 0 atom stereocenters. The van der Waals surface area contributed by atoms with Crippen molar-refractivity contribution in [3.8, 4) is 5.75 Å². The molecule has 28 heavy (non-hydrogen) atoms. The van der Waals surface area contributed by atoms with Crippen molar-refractivity contribution < 1.29 is 18.3 Å². The third-order valence-corrected chi connectivity index (χ3v) is 6.37. The fourth-order valence-electron chi connectivity index (χ4n) is 3.19. The van der Waals surface area contributed by atoms with Gasteiger partial charge in [-0.05, 0) is 43.3 Å². The van der Waals surface area contributed by atoms with Gasteiger partial charge in [0.25, 0.3) is 10.0 Å². The van der Waals surface area contributed by atoms with Gasteiger partial charge in [0.15, 0.2) is 5.78 Å². The summed E-state index contributed by atoms with van der Waals surface area (Å²) >= 11 is 0. The number of carbonyl (C=O) groups excluding carboxylic acids is 1. The molecule has 0 aliphatic heterocycles.